The second kappa shape index (κ2) is 11.5. The highest BCUT2D eigenvalue weighted by molar-refractivity contribution is 14.0. The zero-order valence-electron chi connectivity index (χ0n) is 15.6. The predicted octanol–water partition coefficient (Wildman–Crippen LogP) is 1.63. The van der Waals surface area contributed by atoms with Gasteiger partial charge < -0.3 is 16.0 Å². The zero-order chi connectivity index (χ0) is 19.0. The lowest BCUT2D eigenvalue weighted by Crippen LogP contribution is -2.47. The number of aliphatic imine (C=N–C) groups is 1. The first kappa shape index (κ1) is 23.7. The zero-order valence-corrected chi connectivity index (χ0v) is 18.8. The molecule has 1 aromatic carbocycles. The average Bonchev–Trinajstić information content (AvgIpc) is 2.62. The molecule has 0 saturated carbocycles. The number of amides is 1. The Labute approximate surface area is 178 Å². The monoisotopic (exact) mass is 508 g/mol. The minimum atomic E-state index is -3.26. The summed E-state index contributed by atoms with van der Waals surface area (Å²) >= 11 is 0. The van der Waals surface area contributed by atoms with Crippen LogP contribution in [0.3, 0.4) is 0 Å². The third kappa shape index (κ3) is 7.65. The molecule has 7 nitrogen and oxygen atoms in total. The molecule has 0 radical (unpaired) electrons. The molecule has 1 aliphatic rings. The Hall–Kier alpha value is -1.36. The molecule has 1 saturated heterocycles. The fourth-order valence-electron chi connectivity index (χ4n) is 3.25. The first-order valence-corrected chi connectivity index (χ1v) is 10.6. The van der Waals surface area contributed by atoms with Crippen molar-refractivity contribution in [3.63, 3.8) is 0 Å². The van der Waals surface area contributed by atoms with E-state index in [0.717, 1.165) is 31.9 Å². The summed E-state index contributed by atoms with van der Waals surface area (Å²) < 4.78 is 24.6. The van der Waals surface area contributed by atoms with E-state index in [1.165, 1.54) is 0 Å². The number of hydrogen-bond donors (Lipinski definition) is 2. The number of nitrogens with zero attached hydrogens (tertiary/aromatic N) is 2. The van der Waals surface area contributed by atoms with Crippen LogP contribution in [0.1, 0.15) is 25.7 Å². The Balaban J connectivity index is 0.00000364. The summed E-state index contributed by atoms with van der Waals surface area (Å²) in [5, 5.41) is 3.23. The molecular weight excluding hydrogens is 479 g/mol. The molecule has 1 atom stereocenters. The van der Waals surface area contributed by atoms with Gasteiger partial charge in [-0.1, -0.05) is 18.2 Å². The highest BCUT2D eigenvalue weighted by Gasteiger charge is 2.23. The van der Waals surface area contributed by atoms with E-state index in [9.17, 15) is 13.2 Å². The number of hydrogen-bond acceptors (Lipinski definition) is 4. The number of likely N-dealkylation sites (tertiary alicyclic amines) is 1. The highest BCUT2D eigenvalue weighted by atomic mass is 127. The van der Waals surface area contributed by atoms with Crippen molar-refractivity contribution in [2.75, 3.05) is 32.4 Å². The number of benzene rings is 1. The van der Waals surface area contributed by atoms with Gasteiger partial charge in [0.1, 0.15) is 0 Å². The number of nitrogens with one attached hydrogen (secondary N) is 1. The van der Waals surface area contributed by atoms with Gasteiger partial charge in [-0.3, -0.25) is 9.79 Å². The normalized spacial score (nSPS) is 17.9. The highest BCUT2D eigenvalue weighted by Crippen LogP contribution is 2.19. The van der Waals surface area contributed by atoms with Crippen LogP contribution in [0.25, 0.3) is 0 Å². The molecule has 0 spiro atoms. The number of guanidine groups is 1. The summed E-state index contributed by atoms with van der Waals surface area (Å²) in [7, 11) is -1.55. The number of nitrogens with two attached hydrogens (primary N) is 1. The summed E-state index contributed by atoms with van der Waals surface area (Å²) in [6.45, 7) is 2.14. The number of sulfone groups is 1. The topological polar surface area (TPSA) is 105 Å². The second-order valence-electron chi connectivity index (χ2n) is 6.58. The van der Waals surface area contributed by atoms with Crippen molar-refractivity contribution >= 4 is 45.7 Å². The molecule has 3 N–H and O–H groups in total. The van der Waals surface area contributed by atoms with E-state index < -0.39 is 9.84 Å². The molecule has 1 fully saturated rings. The summed E-state index contributed by atoms with van der Waals surface area (Å²) in [5.74, 6) is 0.811. The lowest BCUT2D eigenvalue weighted by Gasteiger charge is -2.34. The molecule has 1 unspecified atom stereocenters. The maximum atomic E-state index is 12.3. The first-order chi connectivity index (χ1) is 12.4. The SMILES string of the molecule is CN=C(NCCCS(=O)(=O)c1ccccc1)N1CCCC(CC(N)=O)C1.I. The summed E-state index contributed by atoms with van der Waals surface area (Å²) in [5.41, 5.74) is 5.30. The number of carbonyl (C=O) groups excluding carboxylic acids is 1. The molecule has 1 amide bonds. The van der Waals surface area contributed by atoms with Crippen molar-refractivity contribution < 1.29 is 13.2 Å². The van der Waals surface area contributed by atoms with Crippen LogP contribution in [0, 0.1) is 5.92 Å². The average molecular weight is 508 g/mol. The van der Waals surface area contributed by atoms with Crippen LogP contribution in [0.4, 0.5) is 0 Å². The number of halogens is 1. The van der Waals surface area contributed by atoms with Gasteiger partial charge in [0.15, 0.2) is 15.8 Å². The lowest BCUT2D eigenvalue weighted by molar-refractivity contribution is -0.119. The number of primary amides is 1. The van der Waals surface area contributed by atoms with Crippen LogP contribution in [0.5, 0.6) is 0 Å². The Bertz CT molecular complexity index is 725. The third-order valence-electron chi connectivity index (χ3n) is 4.50. The van der Waals surface area contributed by atoms with Crippen LogP contribution in [0.15, 0.2) is 40.2 Å². The largest absolute Gasteiger partial charge is 0.370 e. The maximum absolute atomic E-state index is 12.3. The molecule has 9 heteroatoms. The van der Waals surface area contributed by atoms with Crippen molar-refractivity contribution in [1.29, 1.82) is 0 Å². The van der Waals surface area contributed by atoms with E-state index in [0.29, 0.717) is 24.3 Å². The fraction of sp³-hybridized carbons (Fsp3) is 0.556. The van der Waals surface area contributed by atoms with Gasteiger partial charge in [-0.05, 0) is 37.3 Å². The molecule has 0 bridgehead atoms. The molecular formula is C18H29IN4O3S. The van der Waals surface area contributed by atoms with E-state index in [1.807, 2.05) is 0 Å². The van der Waals surface area contributed by atoms with Crippen LogP contribution >= 0.6 is 24.0 Å². The molecule has 1 aliphatic heterocycles. The van der Waals surface area contributed by atoms with Gasteiger partial charge in [0.2, 0.25) is 5.91 Å². The molecule has 1 aromatic rings. The molecule has 1 heterocycles. The molecule has 2 rings (SSSR count). The smallest absolute Gasteiger partial charge is 0.217 e. The molecule has 27 heavy (non-hydrogen) atoms. The second-order valence-corrected chi connectivity index (χ2v) is 8.69. The van der Waals surface area contributed by atoms with Crippen molar-refractivity contribution in [2.24, 2.45) is 16.6 Å². The Morgan fingerprint density at radius 2 is 2.04 bits per heavy atom. The van der Waals surface area contributed by atoms with Crippen LogP contribution in [0.2, 0.25) is 0 Å². The van der Waals surface area contributed by atoms with Crippen molar-refractivity contribution in [3.05, 3.63) is 30.3 Å². The van der Waals surface area contributed by atoms with Gasteiger partial charge in [0.25, 0.3) is 0 Å². The van der Waals surface area contributed by atoms with Crippen LogP contribution in [-0.4, -0.2) is 57.6 Å². The number of piperidine rings is 1. The Morgan fingerprint density at radius 1 is 1.33 bits per heavy atom. The van der Waals surface area contributed by atoms with Crippen molar-refractivity contribution in [1.82, 2.24) is 10.2 Å². The standard InChI is InChI=1S/C18H28N4O3S.HI/c1-20-18(22-11-5-7-15(14-22)13-17(19)23)21-10-6-12-26(24,25)16-8-3-2-4-9-16;/h2-4,8-9,15H,5-7,10-14H2,1H3,(H2,19,23)(H,20,21);1H. The minimum absolute atomic E-state index is 0. The van der Waals surface area contributed by atoms with E-state index in [1.54, 1.807) is 37.4 Å². The van der Waals surface area contributed by atoms with Gasteiger partial charge >= 0.3 is 0 Å². The van der Waals surface area contributed by atoms with Crippen molar-refractivity contribution in [2.45, 2.75) is 30.6 Å². The predicted molar refractivity (Wildman–Crippen MR) is 118 cm³/mol. The maximum Gasteiger partial charge on any atom is 0.217 e. The van der Waals surface area contributed by atoms with E-state index >= 15 is 0 Å². The van der Waals surface area contributed by atoms with Gasteiger partial charge in [0, 0.05) is 33.1 Å². The van der Waals surface area contributed by atoms with E-state index in [4.69, 9.17) is 5.73 Å². The summed E-state index contributed by atoms with van der Waals surface area (Å²) in [4.78, 5) is 17.9. The summed E-state index contributed by atoms with van der Waals surface area (Å²) in [6.07, 6.45) is 2.87. The van der Waals surface area contributed by atoms with Gasteiger partial charge in [-0.15, -0.1) is 24.0 Å². The number of rotatable bonds is 7. The van der Waals surface area contributed by atoms with Crippen LogP contribution in [-0.2, 0) is 14.6 Å². The van der Waals surface area contributed by atoms with Crippen LogP contribution < -0.4 is 11.1 Å². The van der Waals surface area contributed by atoms with Gasteiger partial charge in [0.05, 0.1) is 10.6 Å². The minimum Gasteiger partial charge on any atom is -0.370 e. The molecule has 0 aromatic heterocycles. The summed E-state index contributed by atoms with van der Waals surface area (Å²) in [6, 6.07) is 8.49. The fourth-order valence-corrected chi connectivity index (χ4v) is 4.58. The lowest BCUT2D eigenvalue weighted by atomic mass is 9.95. The Morgan fingerprint density at radius 3 is 2.67 bits per heavy atom. The third-order valence-corrected chi connectivity index (χ3v) is 6.31. The molecule has 152 valence electrons. The number of carbonyl (C=O) groups is 1. The molecule has 0 aliphatic carbocycles. The van der Waals surface area contributed by atoms with Crippen molar-refractivity contribution in [3.8, 4) is 0 Å². The first-order valence-electron chi connectivity index (χ1n) is 8.94. The Kier molecular flexibility index (Phi) is 10.1. The van der Waals surface area contributed by atoms with E-state index in [2.05, 4.69) is 15.2 Å². The van der Waals surface area contributed by atoms with E-state index in [-0.39, 0.29) is 41.6 Å². The quantitative estimate of drug-likeness (QED) is 0.252. The van der Waals surface area contributed by atoms with Gasteiger partial charge in [-0.2, -0.15) is 0 Å². The van der Waals surface area contributed by atoms with Gasteiger partial charge in [-0.25, -0.2) is 8.42 Å².